The normalized spacial score (nSPS) is 19.2. The SMILES string of the molecule is CCOc1ccc([C@H]2/C(=C(\O)c3ccc4c(c3)C[C@H](C)O4)C(=O)C(=O)N2c2nc(C)c(C(=O)OC)s2)cc1OCC. The van der Waals surface area contributed by atoms with Gasteiger partial charge in [0.1, 0.15) is 22.5 Å². The maximum atomic E-state index is 13.6. The molecule has 3 aromatic rings. The molecule has 3 heterocycles. The van der Waals surface area contributed by atoms with E-state index in [1.807, 2.05) is 20.8 Å². The van der Waals surface area contributed by atoms with E-state index in [0.29, 0.717) is 53.7 Å². The molecular formula is C30H30N2O8S. The van der Waals surface area contributed by atoms with E-state index >= 15 is 0 Å². The fourth-order valence-corrected chi connectivity index (χ4v) is 6.09. The summed E-state index contributed by atoms with van der Waals surface area (Å²) in [5, 5.41) is 11.7. The van der Waals surface area contributed by atoms with Crippen LogP contribution >= 0.6 is 11.3 Å². The Labute approximate surface area is 241 Å². The number of amides is 1. The Morgan fingerprint density at radius 1 is 1.12 bits per heavy atom. The zero-order valence-corrected chi connectivity index (χ0v) is 24.2. The number of aliphatic hydroxyl groups is 1. The first-order valence-electron chi connectivity index (χ1n) is 13.2. The summed E-state index contributed by atoms with van der Waals surface area (Å²) in [7, 11) is 1.25. The number of aryl methyl sites for hydroxylation is 1. The number of Topliss-reactive ketones (excluding diaryl/α,β-unsaturated/α-hetero) is 1. The molecule has 0 unspecified atom stereocenters. The summed E-state index contributed by atoms with van der Waals surface area (Å²) in [5.74, 6) is -1.05. The number of anilines is 1. The fraction of sp³-hybridized carbons (Fsp3) is 0.333. The van der Waals surface area contributed by atoms with Gasteiger partial charge in [-0.2, -0.15) is 0 Å². The van der Waals surface area contributed by atoms with Gasteiger partial charge in [-0.1, -0.05) is 17.4 Å². The number of aliphatic hydroxyl groups excluding tert-OH is 1. The third kappa shape index (κ3) is 5.01. The topological polar surface area (TPSA) is 124 Å². The highest BCUT2D eigenvalue weighted by Crippen LogP contribution is 2.46. The predicted octanol–water partition coefficient (Wildman–Crippen LogP) is 4.99. The lowest BCUT2D eigenvalue weighted by molar-refractivity contribution is -0.132. The summed E-state index contributed by atoms with van der Waals surface area (Å²) < 4.78 is 22.2. The van der Waals surface area contributed by atoms with E-state index < -0.39 is 23.7 Å². The van der Waals surface area contributed by atoms with Crippen molar-refractivity contribution in [1.82, 2.24) is 4.98 Å². The highest BCUT2D eigenvalue weighted by molar-refractivity contribution is 7.17. The molecule has 0 spiro atoms. The van der Waals surface area contributed by atoms with Crippen molar-refractivity contribution in [3.63, 3.8) is 0 Å². The van der Waals surface area contributed by atoms with Crippen molar-refractivity contribution in [1.29, 1.82) is 0 Å². The molecule has 0 radical (unpaired) electrons. The van der Waals surface area contributed by atoms with Crippen molar-refractivity contribution in [2.24, 2.45) is 0 Å². The smallest absolute Gasteiger partial charge is 0.350 e. The van der Waals surface area contributed by atoms with Gasteiger partial charge in [0.2, 0.25) is 0 Å². The molecule has 1 N–H and O–H groups in total. The van der Waals surface area contributed by atoms with Gasteiger partial charge < -0.3 is 24.1 Å². The van der Waals surface area contributed by atoms with E-state index in [1.54, 1.807) is 43.3 Å². The maximum absolute atomic E-state index is 13.6. The van der Waals surface area contributed by atoms with E-state index in [1.165, 1.54) is 12.0 Å². The molecule has 0 saturated carbocycles. The Morgan fingerprint density at radius 3 is 2.56 bits per heavy atom. The average molecular weight is 579 g/mol. The molecular weight excluding hydrogens is 548 g/mol. The summed E-state index contributed by atoms with van der Waals surface area (Å²) in [6, 6.07) is 9.20. The van der Waals surface area contributed by atoms with Crippen LogP contribution in [0.15, 0.2) is 42.0 Å². The molecule has 1 aromatic heterocycles. The number of carbonyl (C=O) groups is 3. The Morgan fingerprint density at radius 2 is 1.85 bits per heavy atom. The molecule has 2 atom stereocenters. The number of fused-ring (bicyclic) bond motifs is 1. The van der Waals surface area contributed by atoms with Crippen LogP contribution in [-0.4, -0.2) is 54.2 Å². The fourth-order valence-electron chi connectivity index (χ4n) is 5.08. The molecule has 0 aliphatic carbocycles. The van der Waals surface area contributed by atoms with Crippen LogP contribution in [0.1, 0.15) is 58.9 Å². The standard InChI is InChI=1S/C30H30N2O8S/c1-6-38-21-11-8-17(14-22(21)39-7-2)24-23(25(33)18-9-10-20-19(13-18)12-15(3)40-20)26(34)28(35)32(24)30-31-16(4)27(41-30)29(36)37-5/h8-11,13-15,24,33H,6-7,12H2,1-5H3/b25-23+/t15-,24-/m0/s1. The minimum absolute atomic E-state index is 0.00836. The first kappa shape index (κ1) is 28.2. The summed E-state index contributed by atoms with van der Waals surface area (Å²) in [6.45, 7) is 8.02. The van der Waals surface area contributed by atoms with Gasteiger partial charge in [-0.15, -0.1) is 0 Å². The highest BCUT2D eigenvalue weighted by atomic mass is 32.1. The second-order valence-electron chi connectivity index (χ2n) is 9.60. The van der Waals surface area contributed by atoms with Crippen molar-refractivity contribution in [2.75, 3.05) is 25.2 Å². The number of carbonyl (C=O) groups excluding carboxylic acids is 3. The van der Waals surface area contributed by atoms with Crippen LogP contribution in [0, 0.1) is 6.92 Å². The van der Waals surface area contributed by atoms with Crippen LogP contribution in [0.3, 0.4) is 0 Å². The lowest BCUT2D eigenvalue weighted by Gasteiger charge is -2.24. The summed E-state index contributed by atoms with van der Waals surface area (Å²) in [5.41, 5.74) is 2.01. The maximum Gasteiger partial charge on any atom is 0.350 e. The van der Waals surface area contributed by atoms with Crippen molar-refractivity contribution < 1.29 is 38.4 Å². The van der Waals surface area contributed by atoms with Gasteiger partial charge in [0.15, 0.2) is 16.6 Å². The molecule has 11 heteroatoms. The number of methoxy groups -OCH3 is 1. The summed E-state index contributed by atoms with van der Waals surface area (Å²) in [4.78, 5) is 45.4. The number of hydrogen-bond donors (Lipinski definition) is 1. The molecule has 1 amide bonds. The van der Waals surface area contributed by atoms with Crippen LogP contribution in [0.5, 0.6) is 17.2 Å². The van der Waals surface area contributed by atoms with Crippen LogP contribution in [0.2, 0.25) is 0 Å². The van der Waals surface area contributed by atoms with Gasteiger partial charge in [-0.25, -0.2) is 9.78 Å². The van der Waals surface area contributed by atoms with Gasteiger partial charge in [0.25, 0.3) is 5.78 Å². The first-order chi connectivity index (χ1) is 19.7. The number of thiazole rings is 1. The molecule has 0 bridgehead atoms. The molecule has 41 heavy (non-hydrogen) atoms. The second kappa shape index (κ2) is 11.2. The van der Waals surface area contributed by atoms with E-state index in [0.717, 1.165) is 16.9 Å². The molecule has 1 saturated heterocycles. The minimum atomic E-state index is -1.07. The van der Waals surface area contributed by atoms with Crippen LogP contribution in [-0.2, 0) is 20.7 Å². The van der Waals surface area contributed by atoms with E-state index in [4.69, 9.17) is 18.9 Å². The summed E-state index contributed by atoms with van der Waals surface area (Å²) in [6.07, 6.45) is 0.644. The third-order valence-corrected chi connectivity index (χ3v) is 8.00. The molecule has 214 valence electrons. The first-order valence-corrected chi connectivity index (χ1v) is 14.1. The van der Waals surface area contributed by atoms with Crippen LogP contribution in [0.4, 0.5) is 5.13 Å². The number of hydrogen-bond acceptors (Lipinski definition) is 10. The number of rotatable bonds is 8. The minimum Gasteiger partial charge on any atom is -0.507 e. The Bertz CT molecular complexity index is 1580. The van der Waals surface area contributed by atoms with Crippen molar-refractivity contribution in [3.8, 4) is 17.2 Å². The zero-order chi connectivity index (χ0) is 29.4. The van der Waals surface area contributed by atoms with Gasteiger partial charge in [0.05, 0.1) is 37.6 Å². The number of esters is 1. The van der Waals surface area contributed by atoms with Crippen LogP contribution in [0.25, 0.3) is 5.76 Å². The number of aromatic nitrogens is 1. The lowest BCUT2D eigenvalue weighted by atomic mass is 9.94. The molecule has 10 nitrogen and oxygen atoms in total. The number of benzene rings is 2. The quantitative estimate of drug-likeness (QED) is 0.170. The Kier molecular flexibility index (Phi) is 7.72. The summed E-state index contributed by atoms with van der Waals surface area (Å²) >= 11 is 0.936. The second-order valence-corrected chi connectivity index (χ2v) is 10.6. The molecule has 5 rings (SSSR count). The largest absolute Gasteiger partial charge is 0.507 e. The van der Waals surface area contributed by atoms with Crippen LogP contribution < -0.4 is 19.1 Å². The zero-order valence-electron chi connectivity index (χ0n) is 23.3. The van der Waals surface area contributed by atoms with Gasteiger partial charge in [0, 0.05) is 12.0 Å². The molecule has 2 aliphatic heterocycles. The van der Waals surface area contributed by atoms with Crippen molar-refractivity contribution >= 4 is 39.9 Å². The van der Waals surface area contributed by atoms with Gasteiger partial charge >= 0.3 is 11.9 Å². The molecule has 2 aromatic carbocycles. The Hall–Kier alpha value is -4.38. The van der Waals surface area contributed by atoms with E-state index in [-0.39, 0.29) is 27.4 Å². The van der Waals surface area contributed by atoms with Crippen molar-refractivity contribution in [3.05, 3.63) is 69.2 Å². The van der Waals surface area contributed by atoms with Gasteiger partial charge in [-0.3, -0.25) is 14.5 Å². The monoisotopic (exact) mass is 578 g/mol. The molecule has 1 fully saturated rings. The predicted molar refractivity (Wildman–Crippen MR) is 152 cm³/mol. The highest BCUT2D eigenvalue weighted by Gasteiger charge is 2.48. The number of ketones is 1. The lowest BCUT2D eigenvalue weighted by Crippen LogP contribution is -2.29. The molecule has 2 aliphatic rings. The van der Waals surface area contributed by atoms with Gasteiger partial charge in [-0.05, 0) is 69.2 Å². The average Bonchev–Trinajstić information content (AvgIpc) is 3.60. The Balaban J connectivity index is 1.71. The van der Waals surface area contributed by atoms with E-state index in [2.05, 4.69) is 4.98 Å². The van der Waals surface area contributed by atoms with Crippen molar-refractivity contribution in [2.45, 2.75) is 46.3 Å². The number of nitrogens with zero attached hydrogens (tertiary/aromatic N) is 2. The van der Waals surface area contributed by atoms with E-state index in [9.17, 15) is 19.5 Å². The number of ether oxygens (including phenoxy) is 4. The third-order valence-electron chi connectivity index (χ3n) is 6.86.